The van der Waals surface area contributed by atoms with E-state index in [2.05, 4.69) is 20.8 Å². The fraction of sp³-hybridized carbons (Fsp3) is 0.889. The number of ketones is 1. The number of hydrogen-bond donors (Lipinski definition) is 4. The summed E-state index contributed by atoms with van der Waals surface area (Å²) in [5.74, 6) is 0.301. The molecule has 0 aromatic heterocycles. The summed E-state index contributed by atoms with van der Waals surface area (Å²) in [5, 5.41) is 43.4. The lowest BCUT2D eigenvalue weighted by Crippen LogP contribution is -2.59. The summed E-state index contributed by atoms with van der Waals surface area (Å²) in [6, 6.07) is 0. The lowest BCUT2D eigenvalue weighted by molar-refractivity contribution is -0.142. The minimum absolute atomic E-state index is 0.0148. The third kappa shape index (κ3) is 3.62. The maximum atomic E-state index is 13.2. The minimum atomic E-state index is -1.01. The molecule has 3 fully saturated rings. The van der Waals surface area contributed by atoms with Crippen LogP contribution in [0.25, 0.3) is 0 Å². The summed E-state index contributed by atoms with van der Waals surface area (Å²) in [5.41, 5.74) is -1.43. The van der Waals surface area contributed by atoms with E-state index in [1.807, 2.05) is 0 Å². The highest BCUT2D eigenvalue weighted by atomic mass is 16.3. The van der Waals surface area contributed by atoms with Gasteiger partial charge in [-0.2, -0.15) is 0 Å². The number of carbonyl (C=O) groups excluding carboxylic acids is 1. The largest absolute Gasteiger partial charge is 0.393 e. The molecule has 4 aliphatic rings. The number of carbonyl (C=O) groups is 1. The van der Waals surface area contributed by atoms with Crippen LogP contribution in [0.3, 0.4) is 0 Å². The Labute approximate surface area is 193 Å². The van der Waals surface area contributed by atoms with Crippen LogP contribution in [0.4, 0.5) is 0 Å². The average molecular weight is 449 g/mol. The van der Waals surface area contributed by atoms with E-state index in [0.717, 1.165) is 37.7 Å². The van der Waals surface area contributed by atoms with Gasteiger partial charge in [0.1, 0.15) is 0 Å². The normalized spacial score (nSPS) is 46.0. The highest BCUT2D eigenvalue weighted by Gasteiger charge is 2.66. The molecule has 0 aromatic carbocycles. The van der Waals surface area contributed by atoms with Crippen LogP contribution in [0.15, 0.2) is 11.6 Å². The summed E-state index contributed by atoms with van der Waals surface area (Å²) in [6.07, 6.45) is 7.33. The third-order valence-corrected chi connectivity index (χ3v) is 10.4. The Hall–Kier alpha value is -0.750. The van der Waals surface area contributed by atoms with Crippen LogP contribution < -0.4 is 0 Å². The van der Waals surface area contributed by atoms with Gasteiger partial charge in [0.25, 0.3) is 0 Å². The zero-order chi connectivity index (χ0) is 23.7. The van der Waals surface area contributed by atoms with Crippen molar-refractivity contribution in [1.82, 2.24) is 0 Å². The summed E-state index contributed by atoms with van der Waals surface area (Å²) >= 11 is 0. The Bertz CT molecular complexity index is 783. The molecular formula is C27H44O5. The topological polar surface area (TPSA) is 98.0 Å². The molecule has 32 heavy (non-hydrogen) atoms. The van der Waals surface area contributed by atoms with Gasteiger partial charge in [-0.3, -0.25) is 4.79 Å². The van der Waals surface area contributed by atoms with Crippen molar-refractivity contribution in [3.8, 4) is 0 Å². The molecule has 0 aromatic rings. The van der Waals surface area contributed by atoms with E-state index in [9.17, 15) is 25.2 Å². The smallest absolute Gasteiger partial charge is 0.159 e. The van der Waals surface area contributed by atoms with Gasteiger partial charge in [0.05, 0.1) is 23.4 Å². The van der Waals surface area contributed by atoms with Crippen molar-refractivity contribution >= 4 is 5.78 Å². The van der Waals surface area contributed by atoms with E-state index in [4.69, 9.17) is 0 Å². The van der Waals surface area contributed by atoms with Crippen molar-refractivity contribution in [2.45, 2.75) is 116 Å². The first-order valence-corrected chi connectivity index (χ1v) is 12.8. The highest BCUT2D eigenvalue weighted by Crippen LogP contribution is 2.68. The Kier molecular flexibility index (Phi) is 6.02. The van der Waals surface area contributed by atoms with Gasteiger partial charge in [-0.25, -0.2) is 0 Å². The maximum Gasteiger partial charge on any atom is 0.159 e. The molecule has 5 heteroatoms. The highest BCUT2D eigenvalue weighted by molar-refractivity contribution is 5.95. The Morgan fingerprint density at radius 1 is 1.12 bits per heavy atom. The molecule has 0 amide bonds. The van der Waals surface area contributed by atoms with Gasteiger partial charge in [0.15, 0.2) is 5.78 Å². The fourth-order valence-corrected chi connectivity index (χ4v) is 8.23. The van der Waals surface area contributed by atoms with Crippen LogP contribution in [0.5, 0.6) is 0 Å². The van der Waals surface area contributed by atoms with E-state index >= 15 is 0 Å². The lowest BCUT2D eigenvalue weighted by Gasteiger charge is -2.59. The molecule has 9 atom stereocenters. The molecule has 0 radical (unpaired) electrons. The second kappa shape index (κ2) is 7.90. The first-order chi connectivity index (χ1) is 14.7. The van der Waals surface area contributed by atoms with Gasteiger partial charge in [0.2, 0.25) is 0 Å². The first kappa shape index (κ1) is 24.4. The number of fused-ring (bicyclic) bond motifs is 5. The van der Waals surface area contributed by atoms with E-state index < -0.39 is 23.4 Å². The van der Waals surface area contributed by atoms with Gasteiger partial charge in [-0.1, -0.05) is 20.8 Å². The molecule has 3 saturated carbocycles. The molecule has 4 N–H and O–H groups in total. The van der Waals surface area contributed by atoms with Crippen LogP contribution in [0.2, 0.25) is 0 Å². The van der Waals surface area contributed by atoms with E-state index in [-0.39, 0.29) is 40.3 Å². The average Bonchev–Trinajstić information content (AvgIpc) is 2.98. The molecular weight excluding hydrogens is 404 g/mol. The number of aliphatic hydroxyl groups is 4. The van der Waals surface area contributed by atoms with Crippen LogP contribution in [-0.4, -0.2) is 49.6 Å². The van der Waals surface area contributed by atoms with Crippen molar-refractivity contribution in [3.05, 3.63) is 11.6 Å². The Balaban J connectivity index is 1.61. The van der Waals surface area contributed by atoms with Gasteiger partial charge in [-0.15, -0.1) is 0 Å². The number of aliphatic hydroxyl groups excluding tert-OH is 2. The zero-order valence-electron chi connectivity index (χ0n) is 20.6. The fourth-order valence-electron chi connectivity index (χ4n) is 8.23. The summed E-state index contributed by atoms with van der Waals surface area (Å²) in [4.78, 5) is 13.2. The molecule has 0 bridgehead atoms. The van der Waals surface area contributed by atoms with Crippen LogP contribution in [0, 0.1) is 34.5 Å². The van der Waals surface area contributed by atoms with Crippen LogP contribution >= 0.6 is 0 Å². The van der Waals surface area contributed by atoms with Crippen molar-refractivity contribution < 1.29 is 25.2 Å². The molecule has 0 saturated heterocycles. The molecule has 4 rings (SSSR count). The summed E-state index contributed by atoms with van der Waals surface area (Å²) in [7, 11) is 0. The monoisotopic (exact) mass is 448 g/mol. The van der Waals surface area contributed by atoms with Crippen molar-refractivity contribution in [2.24, 2.45) is 34.5 Å². The minimum Gasteiger partial charge on any atom is -0.393 e. The van der Waals surface area contributed by atoms with E-state index in [0.29, 0.717) is 25.7 Å². The summed E-state index contributed by atoms with van der Waals surface area (Å²) in [6.45, 7) is 10.0. The van der Waals surface area contributed by atoms with Gasteiger partial charge < -0.3 is 20.4 Å². The molecule has 5 nitrogen and oxygen atoms in total. The Morgan fingerprint density at radius 2 is 1.81 bits per heavy atom. The standard InChI is InChI=1S/C27H44O5/c1-16(22(29)9-10-24(2,3)31)18-8-13-27(32)20-15-23(30)21-14-17(28)6-11-25(21,4)19(20)7-12-26(18,27)5/h15-19,21-22,28-29,31-32H,6-14H2,1-5H3/t16-,17-,18+,19-,21-,22+,25+,26+,27?/m0/s1. The van der Waals surface area contributed by atoms with Crippen LogP contribution in [0.1, 0.15) is 92.4 Å². The SMILES string of the molecule is C[C@H]([C@H](O)CCC(C)(C)O)[C@H]1CCC2(O)C3=CC(=O)[C@@H]4C[C@@H](O)CC[C@]4(C)[C@H]3CC[C@]12C. The Morgan fingerprint density at radius 3 is 2.47 bits per heavy atom. The first-order valence-electron chi connectivity index (χ1n) is 12.8. The van der Waals surface area contributed by atoms with E-state index in [1.165, 1.54) is 0 Å². The van der Waals surface area contributed by atoms with Gasteiger partial charge >= 0.3 is 0 Å². The van der Waals surface area contributed by atoms with Crippen molar-refractivity contribution in [1.29, 1.82) is 0 Å². The zero-order valence-corrected chi connectivity index (χ0v) is 20.6. The van der Waals surface area contributed by atoms with E-state index in [1.54, 1.807) is 19.9 Å². The van der Waals surface area contributed by atoms with Crippen molar-refractivity contribution in [3.63, 3.8) is 0 Å². The van der Waals surface area contributed by atoms with Gasteiger partial charge in [0, 0.05) is 11.3 Å². The number of hydrogen-bond acceptors (Lipinski definition) is 5. The second-order valence-corrected chi connectivity index (χ2v) is 12.8. The maximum absolute atomic E-state index is 13.2. The van der Waals surface area contributed by atoms with Crippen molar-refractivity contribution in [2.75, 3.05) is 0 Å². The second-order valence-electron chi connectivity index (χ2n) is 12.8. The number of allylic oxidation sites excluding steroid dienone is 1. The summed E-state index contributed by atoms with van der Waals surface area (Å²) < 4.78 is 0. The quantitative estimate of drug-likeness (QED) is 0.513. The van der Waals surface area contributed by atoms with Crippen LogP contribution in [-0.2, 0) is 4.79 Å². The molecule has 182 valence electrons. The molecule has 1 unspecified atom stereocenters. The molecule has 0 aliphatic heterocycles. The number of rotatable bonds is 5. The lowest BCUT2D eigenvalue weighted by atomic mass is 9.46. The molecule has 0 spiro atoms. The molecule has 0 heterocycles. The predicted octanol–water partition coefficient (Wildman–Crippen LogP) is 3.77. The molecule has 4 aliphatic carbocycles. The third-order valence-electron chi connectivity index (χ3n) is 10.4. The predicted molar refractivity (Wildman–Crippen MR) is 124 cm³/mol. The van der Waals surface area contributed by atoms with Gasteiger partial charge in [-0.05, 0) is 106 Å².